The monoisotopic (exact) mass is 286 g/mol. The van der Waals surface area contributed by atoms with E-state index in [4.69, 9.17) is 9.84 Å². The molecule has 2 aromatic carbocycles. The summed E-state index contributed by atoms with van der Waals surface area (Å²) in [7, 11) is 0. The second-order valence-electron chi connectivity index (χ2n) is 4.72. The van der Waals surface area contributed by atoms with Gasteiger partial charge in [0.2, 0.25) is 0 Å². The van der Waals surface area contributed by atoms with Crippen LogP contribution < -0.4 is 4.74 Å². The van der Waals surface area contributed by atoms with Gasteiger partial charge in [-0.25, -0.2) is 4.79 Å². The predicted octanol–water partition coefficient (Wildman–Crippen LogP) is 3.33. The molecule has 0 atom stereocenters. The topological polar surface area (TPSA) is 66.8 Å². The van der Waals surface area contributed by atoms with Crippen molar-refractivity contribution >= 4 is 5.97 Å². The molecule has 0 bridgehead atoms. The second kappa shape index (κ2) is 6.90. The van der Waals surface area contributed by atoms with E-state index in [9.17, 15) is 9.90 Å². The van der Waals surface area contributed by atoms with E-state index in [1.165, 1.54) is 0 Å². The Morgan fingerprint density at radius 3 is 2.33 bits per heavy atom. The van der Waals surface area contributed by atoms with Crippen LogP contribution in [-0.2, 0) is 6.61 Å². The van der Waals surface area contributed by atoms with Crippen LogP contribution in [0.2, 0.25) is 0 Å². The molecule has 0 saturated carbocycles. The average molecular weight is 286 g/mol. The highest BCUT2D eigenvalue weighted by Gasteiger charge is 2.13. The SMILES string of the molecule is CCCOc1ccc(-c2ccc(CO)cc2)cc1C(=O)O. The molecule has 0 aliphatic heterocycles. The van der Waals surface area contributed by atoms with E-state index in [0.29, 0.717) is 12.4 Å². The summed E-state index contributed by atoms with van der Waals surface area (Å²) < 4.78 is 5.46. The number of carboxylic acids is 1. The predicted molar refractivity (Wildman–Crippen MR) is 80.5 cm³/mol. The van der Waals surface area contributed by atoms with Crippen LogP contribution in [0.4, 0.5) is 0 Å². The Balaban J connectivity index is 2.36. The van der Waals surface area contributed by atoms with Gasteiger partial charge < -0.3 is 14.9 Å². The molecule has 21 heavy (non-hydrogen) atoms. The number of rotatable bonds is 6. The highest BCUT2D eigenvalue weighted by Crippen LogP contribution is 2.27. The van der Waals surface area contributed by atoms with Crippen molar-refractivity contribution in [1.82, 2.24) is 0 Å². The molecule has 0 spiro atoms. The Hall–Kier alpha value is -2.33. The van der Waals surface area contributed by atoms with E-state index in [-0.39, 0.29) is 12.2 Å². The van der Waals surface area contributed by atoms with E-state index < -0.39 is 5.97 Å². The number of ether oxygens (including phenoxy) is 1. The summed E-state index contributed by atoms with van der Waals surface area (Å²) in [6.07, 6.45) is 0.823. The van der Waals surface area contributed by atoms with E-state index in [1.807, 2.05) is 37.3 Å². The zero-order valence-corrected chi connectivity index (χ0v) is 11.9. The van der Waals surface area contributed by atoms with Gasteiger partial charge in [-0.15, -0.1) is 0 Å². The molecular formula is C17H18O4. The minimum absolute atomic E-state index is 0.00947. The van der Waals surface area contributed by atoms with Gasteiger partial charge in [-0.3, -0.25) is 0 Å². The van der Waals surface area contributed by atoms with Gasteiger partial charge in [-0.05, 0) is 35.2 Å². The minimum Gasteiger partial charge on any atom is -0.493 e. The molecule has 0 heterocycles. The van der Waals surface area contributed by atoms with Gasteiger partial charge in [-0.2, -0.15) is 0 Å². The highest BCUT2D eigenvalue weighted by atomic mass is 16.5. The maximum Gasteiger partial charge on any atom is 0.339 e. The maximum absolute atomic E-state index is 11.4. The normalized spacial score (nSPS) is 10.4. The Kier molecular flexibility index (Phi) is 4.95. The first kappa shape index (κ1) is 15.1. The van der Waals surface area contributed by atoms with Gasteiger partial charge in [0, 0.05) is 0 Å². The number of hydrogen-bond acceptors (Lipinski definition) is 3. The number of benzene rings is 2. The van der Waals surface area contributed by atoms with Crippen molar-refractivity contribution in [2.75, 3.05) is 6.61 Å². The van der Waals surface area contributed by atoms with Crippen LogP contribution >= 0.6 is 0 Å². The Morgan fingerprint density at radius 1 is 1.10 bits per heavy atom. The molecule has 0 amide bonds. The highest BCUT2D eigenvalue weighted by molar-refractivity contribution is 5.92. The van der Waals surface area contributed by atoms with Crippen LogP contribution in [0.1, 0.15) is 29.3 Å². The molecular weight excluding hydrogens is 268 g/mol. The number of aromatic carboxylic acids is 1. The molecule has 2 N–H and O–H groups in total. The molecule has 0 unspecified atom stereocenters. The maximum atomic E-state index is 11.4. The van der Waals surface area contributed by atoms with Crippen molar-refractivity contribution in [2.24, 2.45) is 0 Å². The van der Waals surface area contributed by atoms with E-state index in [0.717, 1.165) is 23.1 Å². The van der Waals surface area contributed by atoms with Crippen LogP contribution in [0.15, 0.2) is 42.5 Å². The summed E-state index contributed by atoms with van der Waals surface area (Å²) in [6.45, 7) is 2.45. The molecule has 0 fully saturated rings. The zero-order chi connectivity index (χ0) is 15.2. The molecule has 110 valence electrons. The molecule has 4 nitrogen and oxygen atoms in total. The quantitative estimate of drug-likeness (QED) is 0.854. The minimum atomic E-state index is -1.00. The lowest BCUT2D eigenvalue weighted by Crippen LogP contribution is -2.04. The van der Waals surface area contributed by atoms with Crippen molar-refractivity contribution < 1.29 is 19.7 Å². The first-order valence-electron chi connectivity index (χ1n) is 6.86. The van der Waals surface area contributed by atoms with Crippen LogP contribution in [0.3, 0.4) is 0 Å². The van der Waals surface area contributed by atoms with Gasteiger partial charge in [0.1, 0.15) is 11.3 Å². The van der Waals surface area contributed by atoms with Gasteiger partial charge >= 0.3 is 5.97 Å². The molecule has 2 rings (SSSR count). The summed E-state index contributed by atoms with van der Waals surface area (Å²) in [5, 5.41) is 18.3. The third-order valence-corrected chi connectivity index (χ3v) is 3.14. The number of hydrogen-bond donors (Lipinski definition) is 2. The van der Waals surface area contributed by atoms with Crippen LogP contribution in [-0.4, -0.2) is 22.8 Å². The first-order valence-corrected chi connectivity index (χ1v) is 6.86. The summed E-state index contributed by atoms with van der Waals surface area (Å²) in [4.78, 5) is 11.4. The van der Waals surface area contributed by atoms with E-state index in [1.54, 1.807) is 12.1 Å². The molecule has 0 saturated heterocycles. The lowest BCUT2D eigenvalue weighted by molar-refractivity contribution is 0.0692. The standard InChI is InChI=1S/C17H18O4/c1-2-9-21-16-8-7-14(10-15(16)17(19)20)13-5-3-12(11-18)4-6-13/h3-8,10,18H,2,9,11H2,1H3,(H,19,20). The summed E-state index contributed by atoms with van der Waals surface area (Å²) in [5.41, 5.74) is 2.68. The third-order valence-electron chi connectivity index (χ3n) is 3.14. The zero-order valence-electron chi connectivity index (χ0n) is 11.9. The molecule has 0 aliphatic carbocycles. The second-order valence-corrected chi connectivity index (χ2v) is 4.72. The van der Waals surface area contributed by atoms with Crippen molar-refractivity contribution in [1.29, 1.82) is 0 Å². The fourth-order valence-electron chi connectivity index (χ4n) is 2.02. The van der Waals surface area contributed by atoms with Crippen molar-refractivity contribution in [3.8, 4) is 16.9 Å². The fraction of sp³-hybridized carbons (Fsp3) is 0.235. The molecule has 0 radical (unpaired) electrons. The van der Waals surface area contributed by atoms with E-state index in [2.05, 4.69) is 0 Å². The molecule has 2 aromatic rings. The average Bonchev–Trinajstić information content (AvgIpc) is 2.52. The Labute approximate surface area is 123 Å². The van der Waals surface area contributed by atoms with Crippen molar-refractivity contribution in [2.45, 2.75) is 20.0 Å². The van der Waals surface area contributed by atoms with E-state index >= 15 is 0 Å². The van der Waals surface area contributed by atoms with Crippen LogP contribution in [0.25, 0.3) is 11.1 Å². The summed E-state index contributed by atoms with van der Waals surface area (Å²) in [6, 6.07) is 12.5. The van der Waals surface area contributed by atoms with Gasteiger partial charge in [0.25, 0.3) is 0 Å². The van der Waals surface area contributed by atoms with Gasteiger partial charge in [0.15, 0.2) is 0 Å². The van der Waals surface area contributed by atoms with Crippen LogP contribution in [0.5, 0.6) is 5.75 Å². The fourth-order valence-corrected chi connectivity index (χ4v) is 2.02. The molecule has 0 aliphatic rings. The van der Waals surface area contributed by atoms with Gasteiger partial charge in [-0.1, -0.05) is 37.3 Å². The Morgan fingerprint density at radius 2 is 1.76 bits per heavy atom. The number of aliphatic hydroxyl groups is 1. The summed E-state index contributed by atoms with van der Waals surface area (Å²) in [5.74, 6) is -0.616. The molecule has 4 heteroatoms. The Bertz CT molecular complexity index is 617. The number of aliphatic hydroxyl groups excluding tert-OH is 1. The molecule has 0 aromatic heterocycles. The van der Waals surface area contributed by atoms with Crippen molar-refractivity contribution in [3.63, 3.8) is 0 Å². The smallest absolute Gasteiger partial charge is 0.339 e. The third kappa shape index (κ3) is 3.61. The lowest BCUT2D eigenvalue weighted by atomic mass is 10.0. The number of carboxylic acid groups (broad SMARTS) is 1. The van der Waals surface area contributed by atoms with Gasteiger partial charge in [0.05, 0.1) is 13.2 Å². The number of carbonyl (C=O) groups is 1. The largest absolute Gasteiger partial charge is 0.493 e. The first-order chi connectivity index (χ1) is 10.2. The van der Waals surface area contributed by atoms with Crippen LogP contribution in [0, 0.1) is 0 Å². The van der Waals surface area contributed by atoms with Crippen molar-refractivity contribution in [3.05, 3.63) is 53.6 Å². The summed E-state index contributed by atoms with van der Waals surface area (Å²) >= 11 is 0. The lowest BCUT2D eigenvalue weighted by Gasteiger charge is -2.10.